The lowest BCUT2D eigenvalue weighted by molar-refractivity contribution is 0.0858. The van der Waals surface area contributed by atoms with Gasteiger partial charge in [0, 0.05) is 44.0 Å². The first kappa shape index (κ1) is 25.8. The molecule has 1 saturated heterocycles. The number of ether oxygens (including phenoxy) is 1. The number of aliphatic hydroxyl groups is 2. The predicted molar refractivity (Wildman–Crippen MR) is 139 cm³/mol. The van der Waals surface area contributed by atoms with Crippen molar-refractivity contribution in [1.82, 2.24) is 24.4 Å². The maximum absolute atomic E-state index is 13.1. The molecule has 194 valence electrons. The highest BCUT2D eigenvalue weighted by atomic mass is 16.5. The Balaban J connectivity index is 1.56. The quantitative estimate of drug-likeness (QED) is 0.347. The zero-order valence-electron chi connectivity index (χ0n) is 21.1. The van der Waals surface area contributed by atoms with E-state index < -0.39 is 0 Å². The van der Waals surface area contributed by atoms with Gasteiger partial charge < -0.3 is 35.1 Å². The molecule has 11 nitrogen and oxygen atoms in total. The molecule has 0 saturated carbocycles. The molecule has 0 amide bonds. The van der Waals surface area contributed by atoms with Gasteiger partial charge in [0.15, 0.2) is 0 Å². The molecule has 4 N–H and O–H groups in total. The van der Waals surface area contributed by atoms with Crippen LogP contribution in [0.2, 0.25) is 0 Å². The van der Waals surface area contributed by atoms with Gasteiger partial charge in [-0.1, -0.05) is 0 Å². The number of hydrogen-bond donors (Lipinski definition) is 4. The highest BCUT2D eigenvalue weighted by molar-refractivity contribution is 5.93. The van der Waals surface area contributed by atoms with Crippen molar-refractivity contribution in [2.24, 2.45) is 0 Å². The average molecular weight is 498 g/mol. The Kier molecular flexibility index (Phi) is 8.02. The molecule has 1 fully saturated rings. The fourth-order valence-corrected chi connectivity index (χ4v) is 4.26. The lowest BCUT2D eigenvalue weighted by Crippen LogP contribution is -2.39. The standard InChI is InChI=1S/C25H35N7O4/c1-25(2,3)30-23-22-17(4-9-32(11-13-34)24(22)35)14-20(29-23)28-19-15-21(27-16-26-19)36-18-5-7-31(8-6-18)10-12-33/h4,9,14-16,18,33-34H,5-8,10-13H2,1-3H3,(H2,26,27,28,29,30). The lowest BCUT2D eigenvalue weighted by atomic mass is 10.1. The van der Waals surface area contributed by atoms with Crippen LogP contribution in [0.4, 0.5) is 17.5 Å². The Bertz CT molecular complexity index is 1230. The van der Waals surface area contributed by atoms with Gasteiger partial charge in [-0.15, -0.1) is 0 Å². The summed E-state index contributed by atoms with van der Waals surface area (Å²) in [5, 5.41) is 26.2. The first-order valence-corrected chi connectivity index (χ1v) is 12.3. The van der Waals surface area contributed by atoms with Crippen LogP contribution in [-0.2, 0) is 6.54 Å². The summed E-state index contributed by atoms with van der Waals surface area (Å²) in [5.74, 6) is 1.99. The highest BCUT2D eigenvalue weighted by Crippen LogP contribution is 2.27. The molecule has 36 heavy (non-hydrogen) atoms. The van der Waals surface area contributed by atoms with Crippen LogP contribution in [0, 0.1) is 0 Å². The fourth-order valence-electron chi connectivity index (χ4n) is 4.26. The molecule has 3 aromatic rings. The first-order valence-electron chi connectivity index (χ1n) is 12.3. The number of likely N-dealkylation sites (tertiary alicyclic amines) is 1. The molecule has 0 radical (unpaired) electrons. The monoisotopic (exact) mass is 497 g/mol. The van der Waals surface area contributed by atoms with Crippen molar-refractivity contribution in [1.29, 1.82) is 0 Å². The minimum absolute atomic E-state index is 0.0603. The van der Waals surface area contributed by atoms with E-state index in [9.17, 15) is 9.90 Å². The van der Waals surface area contributed by atoms with E-state index in [4.69, 9.17) is 9.84 Å². The van der Waals surface area contributed by atoms with Gasteiger partial charge in [0.05, 0.1) is 18.6 Å². The van der Waals surface area contributed by atoms with Gasteiger partial charge in [0.25, 0.3) is 5.56 Å². The Morgan fingerprint density at radius 2 is 1.83 bits per heavy atom. The van der Waals surface area contributed by atoms with E-state index >= 15 is 0 Å². The molecule has 0 bridgehead atoms. The molecule has 4 rings (SSSR count). The second kappa shape index (κ2) is 11.2. The molecule has 0 aromatic carbocycles. The number of β-amino-alcohol motifs (C(OH)–C–C–N with tert-alkyl or cyclic N) is 1. The lowest BCUT2D eigenvalue weighted by Gasteiger charge is -2.31. The van der Waals surface area contributed by atoms with Crippen LogP contribution in [0.15, 0.2) is 35.5 Å². The topological polar surface area (TPSA) is 138 Å². The summed E-state index contributed by atoms with van der Waals surface area (Å²) in [6.07, 6.45) is 4.92. The van der Waals surface area contributed by atoms with Gasteiger partial charge in [0.2, 0.25) is 5.88 Å². The Morgan fingerprint density at radius 3 is 2.53 bits per heavy atom. The van der Waals surface area contributed by atoms with Crippen molar-refractivity contribution in [3.8, 4) is 5.88 Å². The molecule has 3 aromatic heterocycles. The molecule has 0 spiro atoms. The van der Waals surface area contributed by atoms with Crippen LogP contribution in [0.25, 0.3) is 10.8 Å². The van der Waals surface area contributed by atoms with E-state index in [1.54, 1.807) is 18.3 Å². The smallest absolute Gasteiger partial charge is 0.262 e. The summed E-state index contributed by atoms with van der Waals surface area (Å²) in [6.45, 7) is 8.70. The summed E-state index contributed by atoms with van der Waals surface area (Å²) >= 11 is 0. The zero-order valence-corrected chi connectivity index (χ0v) is 21.1. The van der Waals surface area contributed by atoms with Crippen LogP contribution in [-0.4, -0.2) is 79.1 Å². The number of aliphatic hydroxyl groups excluding tert-OH is 2. The SMILES string of the molecule is CC(C)(C)Nc1nc(Nc2cc(OC3CCN(CCO)CC3)ncn2)cc2ccn(CCO)c(=O)c12. The number of piperidine rings is 1. The number of nitrogens with zero attached hydrogens (tertiary/aromatic N) is 5. The molecule has 0 unspecified atom stereocenters. The van der Waals surface area contributed by atoms with Crippen molar-refractivity contribution in [2.75, 3.05) is 43.5 Å². The molecule has 1 aliphatic rings. The number of rotatable bonds is 9. The second-order valence-electron chi connectivity index (χ2n) is 9.98. The maximum Gasteiger partial charge on any atom is 0.262 e. The van der Waals surface area contributed by atoms with Gasteiger partial charge in [-0.05, 0) is 51.1 Å². The first-order chi connectivity index (χ1) is 17.3. The Labute approximate surface area is 210 Å². The van der Waals surface area contributed by atoms with Crippen LogP contribution in [0.5, 0.6) is 5.88 Å². The van der Waals surface area contributed by atoms with Gasteiger partial charge in [-0.2, -0.15) is 0 Å². The summed E-state index contributed by atoms with van der Waals surface area (Å²) in [5.41, 5.74) is -0.541. The maximum atomic E-state index is 13.1. The second-order valence-corrected chi connectivity index (χ2v) is 9.98. The Morgan fingerprint density at radius 1 is 1.08 bits per heavy atom. The van der Waals surface area contributed by atoms with Crippen LogP contribution < -0.4 is 20.9 Å². The zero-order chi connectivity index (χ0) is 25.7. The summed E-state index contributed by atoms with van der Waals surface area (Å²) < 4.78 is 7.57. The molecule has 11 heteroatoms. The molecule has 0 atom stereocenters. The average Bonchev–Trinajstić information content (AvgIpc) is 2.81. The third-order valence-electron chi connectivity index (χ3n) is 5.93. The van der Waals surface area contributed by atoms with E-state index in [-0.39, 0.29) is 37.0 Å². The van der Waals surface area contributed by atoms with Gasteiger partial charge in [0.1, 0.15) is 29.9 Å². The van der Waals surface area contributed by atoms with E-state index in [2.05, 4.69) is 30.5 Å². The minimum atomic E-state index is -0.328. The van der Waals surface area contributed by atoms with Crippen molar-refractivity contribution in [3.63, 3.8) is 0 Å². The number of pyridine rings is 2. The summed E-state index contributed by atoms with van der Waals surface area (Å²) in [7, 11) is 0. The van der Waals surface area contributed by atoms with E-state index in [0.717, 1.165) is 31.3 Å². The largest absolute Gasteiger partial charge is 0.474 e. The molecular formula is C25H35N7O4. The van der Waals surface area contributed by atoms with Crippen molar-refractivity contribution >= 4 is 28.2 Å². The van der Waals surface area contributed by atoms with Crippen molar-refractivity contribution in [3.05, 3.63) is 41.1 Å². The van der Waals surface area contributed by atoms with Crippen LogP contribution in [0.3, 0.4) is 0 Å². The molecule has 4 heterocycles. The Hall–Kier alpha value is -3.28. The highest BCUT2D eigenvalue weighted by Gasteiger charge is 2.21. The van der Waals surface area contributed by atoms with Crippen molar-refractivity contribution < 1.29 is 14.9 Å². The number of aromatic nitrogens is 4. The van der Waals surface area contributed by atoms with Crippen LogP contribution in [0.1, 0.15) is 33.6 Å². The molecule has 1 aliphatic heterocycles. The third kappa shape index (κ3) is 6.48. The summed E-state index contributed by atoms with van der Waals surface area (Å²) in [4.78, 5) is 28.6. The number of anilines is 3. The molecular weight excluding hydrogens is 462 g/mol. The van der Waals surface area contributed by atoms with E-state index in [1.165, 1.54) is 10.9 Å². The van der Waals surface area contributed by atoms with Gasteiger partial charge >= 0.3 is 0 Å². The van der Waals surface area contributed by atoms with Gasteiger partial charge in [-0.25, -0.2) is 15.0 Å². The predicted octanol–water partition coefficient (Wildman–Crippen LogP) is 1.97. The fraction of sp³-hybridized carbons (Fsp3) is 0.520. The van der Waals surface area contributed by atoms with Crippen molar-refractivity contribution in [2.45, 2.75) is 51.8 Å². The number of fused-ring (bicyclic) bond motifs is 1. The van der Waals surface area contributed by atoms with E-state index in [1.807, 2.05) is 26.8 Å². The van der Waals surface area contributed by atoms with Gasteiger partial charge in [-0.3, -0.25) is 4.79 Å². The summed E-state index contributed by atoms with van der Waals surface area (Å²) in [6, 6.07) is 5.38. The molecule has 0 aliphatic carbocycles. The van der Waals surface area contributed by atoms with Crippen LogP contribution >= 0.6 is 0 Å². The number of nitrogens with one attached hydrogen (secondary N) is 2. The normalized spacial score (nSPS) is 15.2. The number of hydrogen-bond acceptors (Lipinski definition) is 10. The van der Waals surface area contributed by atoms with E-state index in [0.29, 0.717) is 35.3 Å². The third-order valence-corrected chi connectivity index (χ3v) is 5.93. The minimum Gasteiger partial charge on any atom is -0.474 e.